The quantitative estimate of drug-likeness (QED) is 0.380. The van der Waals surface area contributed by atoms with E-state index in [-0.39, 0.29) is 24.2 Å². The van der Waals surface area contributed by atoms with Crippen molar-refractivity contribution in [2.24, 2.45) is 0 Å². The first-order chi connectivity index (χ1) is 16.5. The molecule has 0 saturated carbocycles. The van der Waals surface area contributed by atoms with Crippen LogP contribution in [0.1, 0.15) is 17.5 Å². The summed E-state index contributed by atoms with van der Waals surface area (Å²) in [6.45, 7) is 2.90. The third kappa shape index (κ3) is 6.01. The number of aryl methyl sites for hydroxylation is 1. The SMILES string of the molecule is Cc1cccc(OCCCN2C(=O)COc3ccc(NC(=O)/C=C/c4ccc(F)cc4)cc32)c1. The Labute approximate surface area is 197 Å². The summed E-state index contributed by atoms with van der Waals surface area (Å²) in [5, 5.41) is 2.79. The monoisotopic (exact) mass is 460 g/mol. The van der Waals surface area contributed by atoms with Gasteiger partial charge in [0.1, 0.15) is 17.3 Å². The predicted molar refractivity (Wildman–Crippen MR) is 130 cm³/mol. The van der Waals surface area contributed by atoms with Crippen LogP contribution < -0.4 is 19.7 Å². The Hall–Kier alpha value is -4.13. The Morgan fingerprint density at radius 2 is 1.97 bits per heavy atom. The number of anilines is 2. The lowest BCUT2D eigenvalue weighted by Crippen LogP contribution is -2.39. The summed E-state index contributed by atoms with van der Waals surface area (Å²) in [6.07, 6.45) is 3.60. The van der Waals surface area contributed by atoms with Crippen molar-refractivity contribution in [1.82, 2.24) is 0 Å². The van der Waals surface area contributed by atoms with Crippen LogP contribution in [0.3, 0.4) is 0 Å². The van der Waals surface area contributed by atoms with Gasteiger partial charge in [-0.2, -0.15) is 0 Å². The molecule has 1 N–H and O–H groups in total. The van der Waals surface area contributed by atoms with Crippen LogP contribution in [0.2, 0.25) is 0 Å². The molecule has 0 fully saturated rings. The molecule has 0 unspecified atom stereocenters. The van der Waals surface area contributed by atoms with Gasteiger partial charge >= 0.3 is 0 Å². The average molecular weight is 461 g/mol. The van der Waals surface area contributed by atoms with E-state index in [1.165, 1.54) is 18.2 Å². The Morgan fingerprint density at radius 3 is 2.76 bits per heavy atom. The summed E-state index contributed by atoms with van der Waals surface area (Å²) < 4.78 is 24.4. The number of nitrogens with zero attached hydrogens (tertiary/aromatic N) is 1. The van der Waals surface area contributed by atoms with Gasteiger partial charge in [-0.15, -0.1) is 0 Å². The fourth-order valence-electron chi connectivity index (χ4n) is 3.57. The first-order valence-electron chi connectivity index (χ1n) is 11.0. The highest BCUT2D eigenvalue weighted by molar-refractivity contribution is 6.03. The average Bonchev–Trinajstić information content (AvgIpc) is 2.82. The normalized spacial score (nSPS) is 12.9. The van der Waals surface area contributed by atoms with E-state index < -0.39 is 0 Å². The molecule has 0 aromatic heterocycles. The third-order valence-corrected chi connectivity index (χ3v) is 5.25. The summed E-state index contributed by atoms with van der Waals surface area (Å²) in [6, 6.07) is 18.8. The van der Waals surface area contributed by atoms with E-state index in [0.29, 0.717) is 42.3 Å². The van der Waals surface area contributed by atoms with Crippen LogP contribution in [0, 0.1) is 12.7 Å². The molecule has 0 atom stereocenters. The van der Waals surface area contributed by atoms with Crippen molar-refractivity contribution in [3.05, 3.63) is 89.8 Å². The van der Waals surface area contributed by atoms with Crippen molar-refractivity contribution in [2.45, 2.75) is 13.3 Å². The fraction of sp³-hybridized carbons (Fsp3) is 0.185. The summed E-state index contributed by atoms with van der Waals surface area (Å²) in [5.41, 5.74) is 2.97. The molecule has 174 valence electrons. The van der Waals surface area contributed by atoms with Gasteiger partial charge in [-0.3, -0.25) is 9.59 Å². The molecule has 1 heterocycles. The number of halogens is 1. The molecule has 3 aromatic rings. The zero-order chi connectivity index (χ0) is 23.9. The van der Waals surface area contributed by atoms with E-state index in [4.69, 9.17) is 9.47 Å². The molecule has 0 radical (unpaired) electrons. The van der Waals surface area contributed by atoms with Crippen molar-refractivity contribution in [3.8, 4) is 11.5 Å². The third-order valence-electron chi connectivity index (χ3n) is 5.25. The highest BCUT2D eigenvalue weighted by Gasteiger charge is 2.25. The number of ether oxygens (including phenoxy) is 2. The maximum atomic E-state index is 13.0. The van der Waals surface area contributed by atoms with Crippen molar-refractivity contribution in [3.63, 3.8) is 0 Å². The summed E-state index contributed by atoms with van der Waals surface area (Å²) in [7, 11) is 0. The van der Waals surface area contributed by atoms with Crippen molar-refractivity contribution >= 4 is 29.3 Å². The van der Waals surface area contributed by atoms with Crippen molar-refractivity contribution in [2.75, 3.05) is 30.0 Å². The van der Waals surface area contributed by atoms with Crippen LogP contribution in [0.4, 0.5) is 15.8 Å². The Kier molecular flexibility index (Phi) is 7.22. The standard InChI is InChI=1S/C27H25FN2O4/c1-19-4-2-5-23(16-19)33-15-3-14-30-24-17-22(11-12-25(24)34-18-27(30)32)29-26(31)13-8-20-6-9-21(28)10-7-20/h2,4-13,16-17H,3,14-15,18H2,1H3,(H,29,31)/b13-8+. The Morgan fingerprint density at radius 1 is 1.15 bits per heavy atom. The predicted octanol–water partition coefficient (Wildman–Crippen LogP) is 4.98. The zero-order valence-electron chi connectivity index (χ0n) is 18.8. The second kappa shape index (κ2) is 10.7. The van der Waals surface area contributed by atoms with E-state index >= 15 is 0 Å². The van der Waals surface area contributed by atoms with Crippen LogP contribution in [0.15, 0.2) is 72.8 Å². The van der Waals surface area contributed by atoms with Crippen LogP contribution in [-0.4, -0.2) is 31.6 Å². The lowest BCUT2D eigenvalue weighted by Gasteiger charge is -2.29. The minimum absolute atomic E-state index is 0.0299. The first kappa shape index (κ1) is 23.0. The van der Waals surface area contributed by atoms with Gasteiger partial charge in [0.25, 0.3) is 5.91 Å². The number of benzene rings is 3. The molecule has 1 aliphatic heterocycles. The number of carbonyl (C=O) groups is 2. The number of hydrogen-bond acceptors (Lipinski definition) is 4. The van der Waals surface area contributed by atoms with Gasteiger partial charge in [0.05, 0.1) is 12.3 Å². The molecule has 0 aliphatic carbocycles. The number of carbonyl (C=O) groups excluding carboxylic acids is 2. The van der Waals surface area contributed by atoms with Gasteiger partial charge < -0.3 is 19.7 Å². The van der Waals surface area contributed by atoms with E-state index in [1.54, 1.807) is 41.3 Å². The highest BCUT2D eigenvalue weighted by Crippen LogP contribution is 2.34. The van der Waals surface area contributed by atoms with E-state index in [9.17, 15) is 14.0 Å². The maximum absolute atomic E-state index is 13.0. The van der Waals surface area contributed by atoms with E-state index in [0.717, 1.165) is 11.3 Å². The number of amides is 2. The summed E-state index contributed by atoms with van der Waals surface area (Å²) in [5.74, 6) is 0.554. The van der Waals surface area contributed by atoms with Crippen LogP contribution in [0.5, 0.6) is 11.5 Å². The van der Waals surface area contributed by atoms with Gasteiger partial charge in [0.15, 0.2) is 6.61 Å². The van der Waals surface area contributed by atoms with Crippen LogP contribution in [0.25, 0.3) is 6.08 Å². The lowest BCUT2D eigenvalue weighted by molar-refractivity contribution is -0.121. The second-order valence-electron chi connectivity index (χ2n) is 7.91. The maximum Gasteiger partial charge on any atom is 0.265 e. The molecule has 7 heteroatoms. The fourth-order valence-corrected chi connectivity index (χ4v) is 3.57. The first-order valence-corrected chi connectivity index (χ1v) is 11.0. The topological polar surface area (TPSA) is 67.9 Å². The lowest BCUT2D eigenvalue weighted by atomic mass is 10.2. The second-order valence-corrected chi connectivity index (χ2v) is 7.91. The number of nitrogens with one attached hydrogen (secondary N) is 1. The molecule has 1 aliphatic rings. The van der Waals surface area contributed by atoms with Crippen molar-refractivity contribution in [1.29, 1.82) is 0 Å². The summed E-state index contributed by atoms with van der Waals surface area (Å²) >= 11 is 0. The number of rotatable bonds is 8. The molecule has 2 amide bonds. The number of hydrogen-bond donors (Lipinski definition) is 1. The molecule has 0 saturated heterocycles. The smallest absolute Gasteiger partial charge is 0.265 e. The minimum atomic E-state index is -0.342. The molecule has 4 rings (SSSR count). The molecule has 3 aromatic carbocycles. The van der Waals surface area contributed by atoms with Crippen LogP contribution in [-0.2, 0) is 9.59 Å². The largest absolute Gasteiger partial charge is 0.494 e. The Balaban J connectivity index is 1.38. The molecule has 0 spiro atoms. The summed E-state index contributed by atoms with van der Waals surface area (Å²) in [4.78, 5) is 26.5. The van der Waals surface area contributed by atoms with Crippen LogP contribution >= 0.6 is 0 Å². The van der Waals surface area contributed by atoms with E-state index in [1.807, 2.05) is 31.2 Å². The van der Waals surface area contributed by atoms with Gasteiger partial charge in [0.2, 0.25) is 5.91 Å². The molecule has 34 heavy (non-hydrogen) atoms. The van der Waals surface area contributed by atoms with Gasteiger partial charge in [-0.05, 0) is 73.0 Å². The van der Waals surface area contributed by atoms with Crippen molar-refractivity contribution < 1.29 is 23.5 Å². The van der Waals surface area contributed by atoms with Gasteiger partial charge in [-0.25, -0.2) is 4.39 Å². The van der Waals surface area contributed by atoms with E-state index in [2.05, 4.69) is 5.32 Å². The highest BCUT2D eigenvalue weighted by atomic mass is 19.1. The van der Waals surface area contributed by atoms with Gasteiger partial charge in [0, 0.05) is 18.3 Å². The molecular weight excluding hydrogens is 435 g/mol. The Bertz CT molecular complexity index is 1210. The van der Waals surface area contributed by atoms with Gasteiger partial charge in [-0.1, -0.05) is 24.3 Å². The molecular formula is C27H25FN2O4. The molecule has 0 bridgehead atoms. The zero-order valence-corrected chi connectivity index (χ0v) is 18.8. The number of fused-ring (bicyclic) bond motifs is 1. The molecule has 6 nitrogen and oxygen atoms in total. The minimum Gasteiger partial charge on any atom is -0.494 e.